The molecule has 2 heterocycles. The predicted molar refractivity (Wildman–Crippen MR) is 76.3 cm³/mol. The zero-order chi connectivity index (χ0) is 13.8. The largest absolute Gasteiger partial charge is 0.476 e. The van der Waals surface area contributed by atoms with Gasteiger partial charge < -0.3 is 15.4 Å². The first-order chi connectivity index (χ1) is 9.09. The van der Waals surface area contributed by atoms with Crippen LogP contribution in [0.5, 0.6) is 5.88 Å². The number of likely N-dealkylation sites (N-methyl/N-ethyl adjacent to an activating group) is 1. The SMILES string of the molecule is CC(C)c1c(N)ncnc1OCC1CCCCN1C. The molecule has 0 bridgehead atoms. The van der Waals surface area contributed by atoms with Gasteiger partial charge in [0.1, 0.15) is 18.8 Å². The van der Waals surface area contributed by atoms with Gasteiger partial charge in [0, 0.05) is 6.04 Å². The normalized spacial score (nSPS) is 20.7. The molecule has 0 spiro atoms. The molecule has 2 N–H and O–H groups in total. The minimum atomic E-state index is 0.264. The Morgan fingerprint density at radius 1 is 1.42 bits per heavy atom. The van der Waals surface area contributed by atoms with Gasteiger partial charge in [-0.05, 0) is 32.4 Å². The third-order valence-corrected chi connectivity index (χ3v) is 3.79. The van der Waals surface area contributed by atoms with E-state index in [4.69, 9.17) is 10.5 Å². The van der Waals surface area contributed by atoms with Crippen molar-refractivity contribution in [1.29, 1.82) is 0 Å². The molecule has 0 aliphatic carbocycles. The van der Waals surface area contributed by atoms with Crippen LogP contribution in [0.15, 0.2) is 6.33 Å². The van der Waals surface area contributed by atoms with Crippen LogP contribution in [-0.4, -0.2) is 41.1 Å². The van der Waals surface area contributed by atoms with Crippen LogP contribution < -0.4 is 10.5 Å². The minimum Gasteiger partial charge on any atom is -0.476 e. The maximum atomic E-state index is 5.92. The number of hydrogen-bond acceptors (Lipinski definition) is 5. The van der Waals surface area contributed by atoms with Crippen LogP contribution in [0.3, 0.4) is 0 Å². The van der Waals surface area contributed by atoms with Crippen molar-refractivity contribution in [3.63, 3.8) is 0 Å². The van der Waals surface area contributed by atoms with E-state index in [2.05, 4.69) is 35.8 Å². The quantitative estimate of drug-likeness (QED) is 0.901. The van der Waals surface area contributed by atoms with Crippen LogP contribution in [0.25, 0.3) is 0 Å². The fourth-order valence-corrected chi connectivity index (χ4v) is 2.58. The molecule has 0 saturated carbocycles. The standard InChI is InChI=1S/C14H24N4O/c1-10(2)12-13(15)16-9-17-14(12)19-8-11-6-4-5-7-18(11)3/h9-11H,4-8H2,1-3H3,(H2,15,16,17). The third kappa shape index (κ3) is 3.35. The predicted octanol–water partition coefficient (Wildman–Crippen LogP) is 2.05. The lowest BCUT2D eigenvalue weighted by molar-refractivity contribution is 0.122. The molecule has 0 aromatic carbocycles. The number of likely N-dealkylation sites (tertiary alicyclic amines) is 1. The number of nitrogens with two attached hydrogens (primary N) is 1. The van der Waals surface area contributed by atoms with E-state index in [1.165, 1.54) is 25.6 Å². The molecule has 1 aliphatic heterocycles. The van der Waals surface area contributed by atoms with E-state index < -0.39 is 0 Å². The Bertz CT molecular complexity index is 422. The molecule has 106 valence electrons. The van der Waals surface area contributed by atoms with Crippen LogP contribution in [0.1, 0.15) is 44.6 Å². The highest BCUT2D eigenvalue weighted by atomic mass is 16.5. The number of ether oxygens (including phenoxy) is 1. The molecule has 1 atom stereocenters. The maximum Gasteiger partial charge on any atom is 0.222 e. The van der Waals surface area contributed by atoms with E-state index >= 15 is 0 Å². The molecule has 1 aromatic rings. The van der Waals surface area contributed by atoms with Crippen LogP contribution in [0.4, 0.5) is 5.82 Å². The van der Waals surface area contributed by atoms with E-state index in [1.807, 2.05) is 0 Å². The zero-order valence-corrected chi connectivity index (χ0v) is 12.1. The number of nitrogens with zero attached hydrogens (tertiary/aromatic N) is 3. The second kappa shape index (κ2) is 6.19. The summed E-state index contributed by atoms with van der Waals surface area (Å²) < 4.78 is 5.92. The number of rotatable bonds is 4. The Kier molecular flexibility index (Phi) is 4.58. The summed E-state index contributed by atoms with van der Waals surface area (Å²) >= 11 is 0. The number of nitrogen functional groups attached to an aromatic ring is 1. The van der Waals surface area contributed by atoms with Gasteiger partial charge in [0.25, 0.3) is 0 Å². The van der Waals surface area contributed by atoms with Gasteiger partial charge in [0.05, 0.1) is 5.56 Å². The molecule has 1 unspecified atom stereocenters. The Balaban J connectivity index is 2.05. The van der Waals surface area contributed by atoms with Gasteiger partial charge in [-0.1, -0.05) is 20.3 Å². The van der Waals surface area contributed by atoms with E-state index in [1.54, 1.807) is 0 Å². The molecule has 1 saturated heterocycles. The van der Waals surface area contributed by atoms with E-state index in [0.717, 1.165) is 12.1 Å². The Labute approximate surface area is 115 Å². The van der Waals surface area contributed by atoms with Gasteiger partial charge in [-0.25, -0.2) is 9.97 Å². The van der Waals surface area contributed by atoms with Gasteiger partial charge >= 0.3 is 0 Å². The molecule has 1 aliphatic rings. The highest BCUT2D eigenvalue weighted by Gasteiger charge is 2.21. The number of hydrogen-bond donors (Lipinski definition) is 1. The van der Waals surface area contributed by atoms with Crippen molar-refractivity contribution in [3.8, 4) is 5.88 Å². The van der Waals surface area contributed by atoms with Crippen molar-refractivity contribution in [2.75, 3.05) is 25.9 Å². The van der Waals surface area contributed by atoms with Crippen LogP contribution in [-0.2, 0) is 0 Å². The van der Waals surface area contributed by atoms with Crippen molar-refractivity contribution in [2.45, 2.75) is 45.1 Å². The second-order valence-electron chi connectivity index (χ2n) is 5.57. The molecule has 5 nitrogen and oxygen atoms in total. The zero-order valence-electron chi connectivity index (χ0n) is 12.1. The maximum absolute atomic E-state index is 5.92. The van der Waals surface area contributed by atoms with Crippen LogP contribution in [0, 0.1) is 0 Å². The number of aromatic nitrogens is 2. The average Bonchev–Trinajstić information content (AvgIpc) is 2.37. The average molecular weight is 264 g/mol. The lowest BCUT2D eigenvalue weighted by Crippen LogP contribution is -2.40. The lowest BCUT2D eigenvalue weighted by Gasteiger charge is -2.32. The molecule has 2 rings (SSSR count). The van der Waals surface area contributed by atoms with Crippen molar-refractivity contribution >= 4 is 5.82 Å². The Morgan fingerprint density at radius 2 is 2.21 bits per heavy atom. The molecular formula is C14H24N4O. The first kappa shape index (κ1) is 14.1. The van der Waals surface area contributed by atoms with Crippen molar-refractivity contribution in [1.82, 2.24) is 14.9 Å². The van der Waals surface area contributed by atoms with Crippen LogP contribution in [0.2, 0.25) is 0 Å². The first-order valence-electron chi connectivity index (χ1n) is 7.03. The van der Waals surface area contributed by atoms with Gasteiger partial charge in [-0.3, -0.25) is 0 Å². The molecule has 5 heteroatoms. The van der Waals surface area contributed by atoms with E-state index in [0.29, 0.717) is 24.3 Å². The molecule has 19 heavy (non-hydrogen) atoms. The Hall–Kier alpha value is -1.36. The van der Waals surface area contributed by atoms with Gasteiger partial charge in [-0.15, -0.1) is 0 Å². The molecular weight excluding hydrogens is 240 g/mol. The highest BCUT2D eigenvalue weighted by molar-refractivity contribution is 5.46. The topological polar surface area (TPSA) is 64.3 Å². The summed E-state index contributed by atoms with van der Waals surface area (Å²) in [6, 6.07) is 0.477. The van der Waals surface area contributed by atoms with Crippen molar-refractivity contribution < 1.29 is 4.74 Å². The van der Waals surface area contributed by atoms with Crippen molar-refractivity contribution in [3.05, 3.63) is 11.9 Å². The lowest BCUT2D eigenvalue weighted by atomic mass is 10.0. The highest BCUT2D eigenvalue weighted by Crippen LogP contribution is 2.28. The van der Waals surface area contributed by atoms with E-state index in [-0.39, 0.29) is 5.92 Å². The van der Waals surface area contributed by atoms with Gasteiger partial charge in [0.2, 0.25) is 5.88 Å². The summed E-state index contributed by atoms with van der Waals surface area (Å²) in [7, 11) is 2.16. The fraction of sp³-hybridized carbons (Fsp3) is 0.714. The summed E-state index contributed by atoms with van der Waals surface area (Å²) in [5, 5.41) is 0. The molecule has 0 amide bonds. The minimum absolute atomic E-state index is 0.264. The first-order valence-corrected chi connectivity index (χ1v) is 7.03. The summed E-state index contributed by atoms with van der Waals surface area (Å²) in [5.74, 6) is 1.43. The summed E-state index contributed by atoms with van der Waals surface area (Å²) in [6.07, 6.45) is 5.22. The smallest absolute Gasteiger partial charge is 0.222 e. The molecule has 1 aromatic heterocycles. The molecule has 1 fully saturated rings. The monoisotopic (exact) mass is 264 g/mol. The van der Waals surface area contributed by atoms with E-state index in [9.17, 15) is 0 Å². The third-order valence-electron chi connectivity index (χ3n) is 3.79. The van der Waals surface area contributed by atoms with Gasteiger partial charge in [-0.2, -0.15) is 0 Å². The fourth-order valence-electron chi connectivity index (χ4n) is 2.58. The summed E-state index contributed by atoms with van der Waals surface area (Å²) in [4.78, 5) is 10.6. The second-order valence-corrected chi connectivity index (χ2v) is 5.57. The van der Waals surface area contributed by atoms with Crippen molar-refractivity contribution in [2.24, 2.45) is 0 Å². The van der Waals surface area contributed by atoms with Gasteiger partial charge in [0.15, 0.2) is 0 Å². The summed E-state index contributed by atoms with van der Waals surface area (Å²) in [6.45, 7) is 5.98. The number of anilines is 1. The summed E-state index contributed by atoms with van der Waals surface area (Å²) in [5.41, 5.74) is 6.83. The van der Waals surface area contributed by atoms with Crippen LogP contribution >= 0.6 is 0 Å². The molecule has 0 radical (unpaired) electrons. The number of piperidine rings is 1. The Morgan fingerprint density at radius 3 is 2.89 bits per heavy atom.